The highest BCUT2D eigenvalue weighted by Crippen LogP contribution is 2.14. The van der Waals surface area contributed by atoms with Crippen LogP contribution in [0.2, 0.25) is 0 Å². The molecule has 1 atom stereocenters. The van der Waals surface area contributed by atoms with Gasteiger partial charge in [-0.2, -0.15) is 0 Å². The van der Waals surface area contributed by atoms with Crippen molar-refractivity contribution in [3.63, 3.8) is 0 Å². The largest absolute Gasteiger partial charge is 0.396 e. The van der Waals surface area contributed by atoms with Gasteiger partial charge < -0.3 is 20.3 Å². The van der Waals surface area contributed by atoms with Gasteiger partial charge in [-0.1, -0.05) is 32.3 Å². The standard InChI is InChI=1S/C17H32N4O2.HI/c1-5-7-14(8-9-22)11-19-17(18-6-2)20-12-15-10-16(13(3)4)21-23-15;/h10,13-14,22H,5-9,11-12H2,1-4H3,(H2,18,19,20);1H. The van der Waals surface area contributed by atoms with E-state index in [4.69, 9.17) is 9.63 Å². The van der Waals surface area contributed by atoms with Crippen LogP contribution in [0.15, 0.2) is 15.6 Å². The molecule has 0 radical (unpaired) electrons. The van der Waals surface area contributed by atoms with Crippen LogP contribution >= 0.6 is 24.0 Å². The summed E-state index contributed by atoms with van der Waals surface area (Å²) in [6.07, 6.45) is 3.04. The van der Waals surface area contributed by atoms with Gasteiger partial charge in [-0.3, -0.25) is 0 Å². The molecule has 0 bridgehead atoms. The quantitative estimate of drug-likeness (QED) is 0.288. The van der Waals surface area contributed by atoms with Crippen LogP contribution in [-0.2, 0) is 6.54 Å². The topological polar surface area (TPSA) is 82.7 Å². The van der Waals surface area contributed by atoms with E-state index < -0.39 is 0 Å². The van der Waals surface area contributed by atoms with E-state index in [0.29, 0.717) is 18.4 Å². The molecular weight excluding hydrogens is 419 g/mol. The van der Waals surface area contributed by atoms with Gasteiger partial charge in [0.1, 0.15) is 6.54 Å². The molecule has 0 saturated heterocycles. The summed E-state index contributed by atoms with van der Waals surface area (Å²) in [5.74, 6) is 2.36. The van der Waals surface area contributed by atoms with Gasteiger partial charge in [0.2, 0.25) is 0 Å². The lowest BCUT2D eigenvalue weighted by molar-refractivity contribution is 0.251. The van der Waals surface area contributed by atoms with Crippen LogP contribution in [0, 0.1) is 5.92 Å². The number of aromatic nitrogens is 1. The Morgan fingerprint density at radius 2 is 2.04 bits per heavy atom. The first-order chi connectivity index (χ1) is 11.1. The Kier molecular flexibility index (Phi) is 13.0. The molecule has 0 aromatic carbocycles. The van der Waals surface area contributed by atoms with Crippen LogP contribution in [0.5, 0.6) is 0 Å². The molecule has 1 unspecified atom stereocenters. The van der Waals surface area contributed by atoms with Crippen molar-refractivity contribution >= 4 is 29.9 Å². The smallest absolute Gasteiger partial charge is 0.191 e. The second-order valence-electron chi connectivity index (χ2n) is 6.12. The van der Waals surface area contributed by atoms with Crippen LogP contribution in [0.3, 0.4) is 0 Å². The number of aliphatic imine (C=N–C) groups is 1. The molecule has 0 aliphatic rings. The molecule has 1 rings (SSSR count). The maximum absolute atomic E-state index is 9.14. The fourth-order valence-electron chi connectivity index (χ4n) is 2.35. The van der Waals surface area contributed by atoms with Crippen LogP contribution < -0.4 is 10.6 Å². The Labute approximate surface area is 162 Å². The number of rotatable bonds is 10. The Morgan fingerprint density at radius 3 is 2.58 bits per heavy atom. The third-order valence-corrected chi connectivity index (χ3v) is 3.70. The van der Waals surface area contributed by atoms with Gasteiger partial charge in [0.15, 0.2) is 11.7 Å². The fraction of sp³-hybridized carbons (Fsp3) is 0.765. The molecule has 1 aromatic heterocycles. The molecule has 7 heteroatoms. The van der Waals surface area contributed by atoms with Gasteiger partial charge in [0.25, 0.3) is 0 Å². The van der Waals surface area contributed by atoms with E-state index in [0.717, 1.165) is 49.8 Å². The van der Waals surface area contributed by atoms with Gasteiger partial charge in [-0.25, -0.2) is 4.99 Å². The maximum Gasteiger partial charge on any atom is 0.191 e. The highest BCUT2D eigenvalue weighted by molar-refractivity contribution is 14.0. The van der Waals surface area contributed by atoms with Crippen molar-refractivity contribution in [2.24, 2.45) is 10.9 Å². The number of hydrogen-bond acceptors (Lipinski definition) is 4. The molecule has 0 fully saturated rings. The van der Waals surface area contributed by atoms with E-state index in [1.807, 2.05) is 13.0 Å². The van der Waals surface area contributed by atoms with Crippen molar-refractivity contribution in [2.45, 2.75) is 59.4 Å². The summed E-state index contributed by atoms with van der Waals surface area (Å²) >= 11 is 0. The predicted molar refractivity (Wildman–Crippen MR) is 109 cm³/mol. The minimum atomic E-state index is 0. The highest BCUT2D eigenvalue weighted by atomic mass is 127. The zero-order valence-electron chi connectivity index (χ0n) is 15.3. The molecule has 140 valence electrons. The Bertz CT molecular complexity index is 457. The number of aliphatic hydroxyl groups excluding tert-OH is 1. The van der Waals surface area contributed by atoms with E-state index in [1.165, 1.54) is 0 Å². The van der Waals surface area contributed by atoms with Crippen LogP contribution in [0.25, 0.3) is 0 Å². The SMILES string of the molecule is CCCC(CCO)CNC(=NCc1cc(C(C)C)no1)NCC.I. The maximum atomic E-state index is 9.14. The molecule has 6 nitrogen and oxygen atoms in total. The third kappa shape index (κ3) is 8.86. The molecule has 0 aliphatic heterocycles. The van der Waals surface area contributed by atoms with E-state index >= 15 is 0 Å². The Balaban J connectivity index is 0.00000529. The van der Waals surface area contributed by atoms with Crippen molar-refractivity contribution in [1.82, 2.24) is 15.8 Å². The van der Waals surface area contributed by atoms with E-state index in [2.05, 4.69) is 41.6 Å². The molecule has 24 heavy (non-hydrogen) atoms. The number of nitrogens with zero attached hydrogens (tertiary/aromatic N) is 2. The first kappa shape index (κ1) is 23.2. The normalized spacial score (nSPS) is 12.8. The van der Waals surface area contributed by atoms with Crippen molar-refractivity contribution in [1.29, 1.82) is 0 Å². The Hall–Kier alpha value is -0.830. The zero-order valence-corrected chi connectivity index (χ0v) is 17.7. The van der Waals surface area contributed by atoms with E-state index in [1.54, 1.807) is 0 Å². The predicted octanol–water partition coefficient (Wildman–Crippen LogP) is 3.27. The first-order valence-corrected chi connectivity index (χ1v) is 8.69. The van der Waals surface area contributed by atoms with Crippen molar-refractivity contribution in [3.05, 3.63) is 17.5 Å². The van der Waals surface area contributed by atoms with Crippen LogP contribution in [0.1, 0.15) is 64.3 Å². The van der Waals surface area contributed by atoms with Crippen LogP contribution in [-0.4, -0.2) is 35.9 Å². The molecule has 0 amide bonds. The van der Waals surface area contributed by atoms with Gasteiger partial charge in [0.05, 0.1) is 5.69 Å². The summed E-state index contributed by atoms with van der Waals surface area (Å²) in [4.78, 5) is 4.55. The summed E-state index contributed by atoms with van der Waals surface area (Å²) in [6.45, 7) is 10.7. The van der Waals surface area contributed by atoms with E-state index in [-0.39, 0.29) is 30.6 Å². The van der Waals surface area contributed by atoms with Crippen molar-refractivity contribution in [2.75, 3.05) is 19.7 Å². The van der Waals surface area contributed by atoms with Crippen molar-refractivity contribution in [3.8, 4) is 0 Å². The molecule has 1 heterocycles. The highest BCUT2D eigenvalue weighted by Gasteiger charge is 2.10. The number of hydrogen-bond donors (Lipinski definition) is 3. The molecule has 0 spiro atoms. The minimum Gasteiger partial charge on any atom is -0.396 e. The number of guanidine groups is 1. The van der Waals surface area contributed by atoms with Gasteiger partial charge in [0, 0.05) is 25.8 Å². The fourth-order valence-corrected chi connectivity index (χ4v) is 2.35. The number of aliphatic hydroxyl groups is 1. The van der Waals surface area contributed by atoms with E-state index in [9.17, 15) is 0 Å². The molecule has 0 saturated carbocycles. The lowest BCUT2D eigenvalue weighted by Crippen LogP contribution is -2.40. The third-order valence-electron chi connectivity index (χ3n) is 3.70. The summed E-state index contributed by atoms with van der Waals surface area (Å²) in [7, 11) is 0. The average molecular weight is 452 g/mol. The molecule has 3 N–H and O–H groups in total. The second kappa shape index (κ2) is 13.5. The monoisotopic (exact) mass is 452 g/mol. The van der Waals surface area contributed by atoms with Gasteiger partial charge in [-0.05, 0) is 31.6 Å². The lowest BCUT2D eigenvalue weighted by atomic mass is 10.0. The summed E-state index contributed by atoms with van der Waals surface area (Å²) in [5.41, 5.74) is 0.958. The molecular formula is C17H33IN4O2. The zero-order chi connectivity index (χ0) is 17.1. The van der Waals surface area contributed by atoms with Crippen LogP contribution in [0.4, 0.5) is 0 Å². The average Bonchev–Trinajstić information content (AvgIpc) is 2.99. The minimum absolute atomic E-state index is 0. The van der Waals surface area contributed by atoms with Gasteiger partial charge >= 0.3 is 0 Å². The molecule has 0 aliphatic carbocycles. The molecule has 1 aromatic rings. The number of halogens is 1. The second-order valence-corrected chi connectivity index (χ2v) is 6.12. The summed E-state index contributed by atoms with van der Waals surface area (Å²) in [5, 5.41) is 19.8. The lowest BCUT2D eigenvalue weighted by Gasteiger charge is -2.18. The summed E-state index contributed by atoms with van der Waals surface area (Å²) < 4.78 is 5.31. The first-order valence-electron chi connectivity index (χ1n) is 8.69. The van der Waals surface area contributed by atoms with Crippen molar-refractivity contribution < 1.29 is 9.63 Å². The Morgan fingerprint density at radius 1 is 1.29 bits per heavy atom. The summed E-state index contributed by atoms with van der Waals surface area (Å²) in [6, 6.07) is 1.96. The van der Waals surface area contributed by atoms with Gasteiger partial charge in [-0.15, -0.1) is 24.0 Å². The number of nitrogens with one attached hydrogen (secondary N) is 2.